The molecule has 0 heterocycles. The van der Waals surface area contributed by atoms with Crippen molar-refractivity contribution in [3.63, 3.8) is 0 Å². The van der Waals surface area contributed by atoms with Gasteiger partial charge in [-0.05, 0) is 33.6 Å². The van der Waals surface area contributed by atoms with E-state index in [0.29, 0.717) is 6.42 Å². The second-order valence-corrected chi connectivity index (χ2v) is 7.26. The number of ether oxygens (including phenoxy) is 1. The molecule has 1 N–H and O–H groups in total. The molecule has 0 saturated carbocycles. The quantitative estimate of drug-likeness (QED) is 0.630. The zero-order valence-corrected chi connectivity index (χ0v) is 13.0. The predicted molar refractivity (Wildman–Crippen MR) is 73.2 cm³/mol. The van der Waals surface area contributed by atoms with Gasteiger partial charge in [0.15, 0.2) is 0 Å². The van der Waals surface area contributed by atoms with E-state index in [9.17, 15) is 13.2 Å². The van der Waals surface area contributed by atoms with Gasteiger partial charge in [0.05, 0.1) is 17.8 Å². The van der Waals surface area contributed by atoms with Crippen molar-refractivity contribution in [1.82, 2.24) is 4.31 Å². The van der Waals surface area contributed by atoms with E-state index in [2.05, 4.69) is 0 Å². The maximum atomic E-state index is 12.0. The summed E-state index contributed by atoms with van der Waals surface area (Å²) in [5.74, 6) is -0.496. The zero-order chi connectivity index (χ0) is 15.1. The molecule has 0 saturated heterocycles. The molecular weight excluding hydrogens is 270 g/mol. The van der Waals surface area contributed by atoms with Crippen LogP contribution in [0.2, 0.25) is 0 Å². The zero-order valence-electron chi connectivity index (χ0n) is 12.2. The average molecular weight is 295 g/mol. The SMILES string of the molecule is CCOC(=O)C(C)(C)CCS(=O)(=O)N(C)CCCO. The second-order valence-electron chi connectivity index (χ2n) is 5.07. The number of hydrogen-bond acceptors (Lipinski definition) is 5. The van der Waals surface area contributed by atoms with E-state index in [1.54, 1.807) is 20.8 Å². The molecule has 19 heavy (non-hydrogen) atoms. The molecule has 0 aliphatic rings. The van der Waals surface area contributed by atoms with E-state index >= 15 is 0 Å². The molecule has 0 rings (SSSR count). The lowest BCUT2D eigenvalue weighted by Crippen LogP contribution is -2.35. The van der Waals surface area contributed by atoms with Crippen molar-refractivity contribution >= 4 is 16.0 Å². The molecule has 0 aliphatic heterocycles. The molecule has 114 valence electrons. The molecular formula is C12H25NO5S. The highest BCUT2D eigenvalue weighted by Crippen LogP contribution is 2.23. The highest BCUT2D eigenvalue weighted by atomic mass is 32.2. The van der Waals surface area contributed by atoms with Gasteiger partial charge in [0.2, 0.25) is 10.0 Å². The number of sulfonamides is 1. The van der Waals surface area contributed by atoms with Gasteiger partial charge in [0.1, 0.15) is 0 Å². The van der Waals surface area contributed by atoms with Gasteiger partial charge in [-0.25, -0.2) is 12.7 Å². The molecule has 0 unspecified atom stereocenters. The van der Waals surface area contributed by atoms with Crippen molar-refractivity contribution in [3.05, 3.63) is 0 Å². The number of aliphatic hydroxyl groups excluding tert-OH is 1. The van der Waals surface area contributed by atoms with Gasteiger partial charge < -0.3 is 9.84 Å². The molecule has 0 radical (unpaired) electrons. The van der Waals surface area contributed by atoms with Crippen molar-refractivity contribution in [2.75, 3.05) is 32.6 Å². The first-order chi connectivity index (χ1) is 8.67. The van der Waals surface area contributed by atoms with Crippen LogP contribution in [0, 0.1) is 5.41 Å². The minimum Gasteiger partial charge on any atom is -0.466 e. The fraction of sp³-hybridized carbons (Fsp3) is 0.917. The monoisotopic (exact) mass is 295 g/mol. The van der Waals surface area contributed by atoms with Crippen LogP contribution in [0.4, 0.5) is 0 Å². The Bertz CT molecular complexity index is 378. The summed E-state index contributed by atoms with van der Waals surface area (Å²) in [6, 6.07) is 0. The van der Waals surface area contributed by atoms with Crippen LogP contribution < -0.4 is 0 Å². The Labute approximate surface area is 115 Å². The summed E-state index contributed by atoms with van der Waals surface area (Å²) in [5, 5.41) is 8.69. The van der Waals surface area contributed by atoms with E-state index in [4.69, 9.17) is 9.84 Å². The van der Waals surface area contributed by atoms with Gasteiger partial charge >= 0.3 is 5.97 Å². The lowest BCUT2D eigenvalue weighted by molar-refractivity contribution is -0.153. The van der Waals surface area contributed by atoms with Crippen molar-refractivity contribution in [2.24, 2.45) is 5.41 Å². The summed E-state index contributed by atoms with van der Waals surface area (Å²) in [6.07, 6.45) is 0.606. The molecule has 0 atom stereocenters. The Morgan fingerprint density at radius 2 is 1.95 bits per heavy atom. The van der Waals surface area contributed by atoms with Crippen LogP contribution in [0.5, 0.6) is 0 Å². The van der Waals surface area contributed by atoms with Crippen LogP contribution >= 0.6 is 0 Å². The van der Waals surface area contributed by atoms with Crippen LogP contribution in [0.15, 0.2) is 0 Å². The third-order valence-electron chi connectivity index (χ3n) is 2.92. The lowest BCUT2D eigenvalue weighted by atomic mass is 9.90. The van der Waals surface area contributed by atoms with E-state index in [-0.39, 0.29) is 37.9 Å². The maximum Gasteiger partial charge on any atom is 0.311 e. The van der Waals surface area contributed by atoms with Crippen LogP contribution in [0.25, 0.3) is 0 Å². The molecule has 0 aromatic rings. The Morgan fingerprint density at radius 1 is 1.37 bits per heavy atom. The Morgan fingerprint density at radius 3 is 2.42 bits per heavy atom. The average Bonchev–Trinajstić information content (AvgIpc) is 2.34. The topological polar surface area (TPSA) is 83.9 Å². The first kappa shape index (κ1) is 18.3. The number of esters is 1. The van der Waals surface area contributed by atoms with E-state index < -0.39 is 15.4 Å². The standard InChI is InChI=1S/C12H25NO5S/c1-5-18-11(15)12(2,3)7-10-19(16,17)13(4)8-6-9-14/h14H,5-10H2,1-4H3. The smallest absolute Gasteiger partial charge is 0.311 e. The normalized spacial score (nSPS) is 12.7. The summed E-state index contributed by atoms with van der Waals surface area (Å²) in [6.45, 7) is 5.58. The number of aliphatic hydroxyl groups is 1. The van der Waals surface area contributed by atoms with Crippen molar-refractivity contribution in [3.8, 4) is 0 Å². The molecule has 7 heteroatoms. The minimum absolute atomic E-state index is 0.0474. The van der Waals surface area contributed by atoms with Gasteiger partial charge in [-0.1, -0.05) is 0 Å². The van der Waals surface area contributed by atoms with Crippen molar-refractivity contribution in [2.45, 2.75) is 33.6 Å². The van der Waals surface area contributed by atoms with E-state index in [1.807, 2.05) is 0 Å². The molecule has 0 aromatic carbocycles. The molecule has 0 fully saturated rings. The third kappa shape index (κ3) is 6.35. The third-order valence-corrected chi connectivity index (χ3v) is 4.77. The first-order valence-corrected chi connectivity index (χ1v) is 8.00. The Hall–Kier alpha value is -0.660. The van der Waals surface area contributed by atoms with Crippen molar-refractivity contribution in [1.29, 1.82) is 0 Å². The number of hydrogen-bond donors (Lipinski definition) is 1. The number of nitrogens with zero attached hydrogens (tertiary/aromatic N) is 1. The molecule has 0 spiro atoms. The highest BCUT2D eigenvalue weighted by Gasteiger charge is 2.31. The molecule has 0 aromatic heterocycles. The van der Waals surface area contributed by atoms with Crippen LogP contribution in [-0.2, 0) is 19.6 Å². The fourth-order valence-electron chi connectivity index (χ4n) is 1.40. The maximum absolute atomic E-state index is 12.0. The molecule has 0 amide bonds. The van der Waals surface area contributed by atoms with E-state index in [1.165, 1.54) is 11.4 Å². The predicted octanol–water partition coefficient (Wildman–Crippen LogP) is 0.610. The van der Waals surface area contributed by atoms with Crippen LogP contribution in [-0.4, -0.2) is 56.4 Å². The van der Waals surface area contributed by atoms with Crippen LogP contribution in [0.3, 0.4) is 0 Å². The van der Waals surface area contributed by atoms with Crippen molar-refractivity contribution < 1.29 is 23.1 Å². The molecule has 0 aliphatic carbocycles. The second kappa shape index (κ2) is 7.81. The fourth-order valence-corrected chi connectivity index (χ4v) is 2.89. The molecule has 0 bridgehead atoms. The van der Waals surface area contributed by atoms with Gasteiger partial charge in [0.25, 0.3) is 0 Å². The largest absolute Gasteiger partial charge is 0.466 e. The molecule has 6 nitrogen and oxygen atoms in total. The van der Waals surface area contributed by atoms with Gasteiger partial charge in [-0.2, -0.15) is 0 Å². The number of rotatable bonds is 9. The summed E-state index contributed by atoms with van der Waals surface area (Å²) in [7, 11) is -1.93. The minimum atomic E-state index is -3.40. The summed E-state index contributed by atoms with van der Waals surface area (Å²) in [5.41, 5.74) is -0.819. The van der Waals surface area contributed by atoms with Crippen LogP contribution in [0.1, 0.15) is 33.6 Å². The highest BCUT2D eigenvalue weighted by molar-refractivity contribution is 7.89. The number of carbonyl (C=O) groups is 1. The first-order valence-electron chi connectivity index (χ1n) is 6.39. The summed E-state index contributed by atoms with van der Waals surface area (Å²) < 4.78 is 30.0. The lowest BCUT2D eigenvalue weighted by Gasteiger charge is -2.24. The van der Waals surface area contributed by atoms with Gasteiger partial charge in [-0.15, -0.1) is 0 Å². The van der Waals surface area contributed by atoms with Gasteiger partial charge in [-0.3, -0.25) is 4.79 Å². The number of carbonyl (C=O) groups excluding carboxylic acids is 1. The Balaban J connectivity index is 4.48. The summed E-state index contributed by atoms with van der Waals surface area (Å²) in [4.78, 5) is 11.7. The summed E-state index contributed by atoms with van der Waals surface area (Å²) >= 11 is 0. The Kier molecular flexibility index (Phi) is 7.54. The van der Waals surface area contributed by atoms with E-state index in [0.717, 1.165) is 0 Å². The van der Waals surface area contributed by atoms with Gasteiger partial charge in [0, 0.05) is 20.2 Å².